The minimum absolute atomic E-state index is 0.178. The summed E-state index contributed by atoms with van der Waals surface area (Å²) in [6.45, 7) is 0. The van der Waals surface area contributed by atoms with Gasteiger partial charge in [-0.2, -0.15) is 0 Å². The Labute approximate surface area is 167 Å². The van der Waals surface area contributed by atoms with Crippen molar-refractivity contribution in [3.8, 4) is 22.4 Å². The number of hydrogen-bond acceptors (Lipinski definition) is 3. The summed E-state index contributed by atoms with van der Waals surface area (Å²) >= 11 is 0. The van der Waals surface area contributed by atoms with Crippen LogP contribution in [0.2, 0.25) is 0 Å². The molecule has 0 atom stereocenters. The highest BCUT2D eigenvalue weighted by atomic mass is 16.1. The third-order valence-corrected chi connectivity index (χ3v) is 4.96. The highest BCUT2D eigenvalue weighted by Crippen LogP contribution is 2.32. The average Bonchev–Trinajstić information content (AvgIpc) is 3.12. The Morgan fingerprint density at radius 2 is 1.62 bits per heavy atom. The summed E-state index contributed by atoms with van der Waals surface area (Å²) in [6, 6.07) is 24.0. The average molecular weight is 378 g/mol. The molecule has 0 unspecified atom stereocenters. The molecule has 5 heteroatoms. The quantitative estimate of drug-likeness (QED) is 0.481. The van der Waals surface area contributed by atoms with Gasteiger partial charge in [0, 0.05) is 23.9 Å². The number of nitrogens with zero attached hydrogens (tertiary/aromatic N) is 2. The van der Waals surface area contributed by atoms with E-state index < -0.39 is 0 Å². The van der Waals surface area contributed by atoms with Gasteiger partial charge >= 0.3 is 0 Å². The largest absolute Gasteiger partial charge is 0.341 e. The number of hydrogen-bond donors (Lipinski definition) is 2. The van der Waals surface area contributed by atoms with Crippen molar-refractivity contribution < 1.29 is 0 Å². The number of H-pyrrole nitrogens is 2. The summed E-state index contributed by atoms with van der Waals surface area (Å²) in [4.78, 5) is 27.8. The van der Waals surface area contributed by atoms with Gasteiger partial charge in [-0.3, -0.25) is 4.79 Å². The normalized spacial score (nSPS) is 11.0. The summed E-state index contributed by atoms with van der Waals surface area (Å²) < 4.78 is 0. The molecule has 0 aliphatic heterocycles. The fourth-order valence-electron chi connectivity index (χ4n) is 3.60. The van der Waals surface area contributed by atoms with Crippen LogP contribution in [-0.2, 0) is 6.42 Å². The van der Waals surface area contributed by atoms with Gasteiger partial charge in [0.15, 0.2) is 5.65 Å². The van der Waals surface area contributed by atoms with Crippen LogP contribution >= 0.6 is 0 Å². The molecule has 2 N–H and O–H groups in total. The van der Waals surface area contributed by atoms with E-state index >= 15 is 0 Å². The van der Waals surface area contributed by atoms with E-state index in [2.05, 4.69) is 39.2 Å². The van der Waals surface area contributed by atoms with E-state index in [1.807, 2.05) is 36.4 Å². The third-order valence-electron chi connectivity index (χ3n) is 4.96. The molecule has 3 aromatic heterocycles. The number of nitrogens with one attached hydrogen (secondary N) is 2. The van der Waals surface area contributed by atoms with Gasteiger partial charge in [-0.1, -0.05) is 60.7 Å². The van der Waals surface area contributed by atoms with E-state index in [1.165, 1.54) is 5.56 Å². The molecule has 0 amide bonds. The van der Waals surface area contributed by atoms with Gasteiger partial charge < -0.3 is 9.97 Å². The molecule has 0 aliphatic rings. The second-order valence-corrected chi connectivity index (χ2v) is 6.87. The first-order chi connectivity index (χ1) is 14.3. The van der Waals surface area contributed by atoms with Crippen molar-refractivity contribution in [2.24, 2.45) is 0 Å². The Bertz CT molecular complexity index is 1340. The van der Waals surface area contributed by atoms with Gasteiger partial charge in [0.05, 0.1) is 17.5 Å². The smallest absolute Gasteiger partial charge is 0.257 e. The molecule has 5 aromatic rings. The van der Waals surface area contributed by atoms with E-state index in [9.17, 15) is 4.79 Å². The summed E-state index contributed by atoms with van der Waals surface area (Å²) in [5.41, 5.74) is 6.71. The van der Waals surface area contributed by atoms with Crippen molar-refractivity contribution in [3.05, 3.63) is 107 Å². The lowest BCUT2D eigenvalue weighted by molar-refractivity contribution is 1.11. The molecule has 2 aromatic carbocycles. The number of rotatable bonds is 4. The molecule has 0 radical (unpaired) electrons. The highest BCUT2D eigenvalue weighted by Gasteiger charge is 2.17. The van der Waals surface area contributed by atoms with Gasteiger partial charge in [-0.15, -0.1) is 0 Å². The van der Waals surface area contributed by atoms with Crippen LogP contribution in [-0.4, -0.2) is 19.9 Å². The van der Waals surface area contributed by atoms with Crippen LogP contribution in [0.5, 0.6) is 0 Å². The molecular formula is C24H18N4O. The minimum atomic E-state index is -0.178. The first kappa shape index (κ1) is 17.1. The van der Waals surface area contributed by atoms with E-state index in [4.69, 9.17) is 4.98 Å². The Morgan fingerprint density at radius 3 is 2.38 bits per heavy atom. The fraction of sp³-hybridized carbons (Fsp3) is 0.0417. The van der Waals surface area contributed by atoms with Gasteiger partial charge in [-0.25, -0.2) is 9.97 Å². The Hall–Kier alpha value is -3.99. The van der Waals surface area contributed by atoms with Crippen LogP contribution < -0.4 is 5.56 Å². The highest BCUT2D eigenvalue weighted by molar-refractivity contribution is 5.93. The zero-order chi connectivity index (χ0) is 19.6. The van der Waals surface area contributed by atoms with Crippen molar-refractivity contribution >= 4 is 11.2 Å². The fourth-order valence-corrected chi connectivity index (χ4v) is 3.60. The maximum Gasteiger partial charge on any atom is 0.257 e. The van der Waals surface area contributed by atoms with Crippen molar-refractivity contribution in [3.63, 3.8) is 0 Å². The number of aromatic amines is 2. The first-order valence-electron chi connectivity index (χ1n) is 9.44. The zero-order valence-corrected chi connectivity index (χ0v) is 15.6. The monoisotopic (exact) mass is 378 g/mol. The topological polar surface area (TPSA) is 74.4 Å². The molecule has 0 aliphatic carbocycles. The van der Waals surface area contributed by atoms with E-state index in [-0.39, 0.29) is 5.56 Å². The second-order valence-electron chi connectivity index (χ2n) is 6.87. The van der Waals surface area contributed by atoms with Crippen molar-refractivity contribution in [2.45, 2.75) is 6.42 Å². The number of benzene rings is 2. The standard InChI is InChI=1S/C24H18N4O/c29-24-18(12-7-13-25-24)20-15-26-23-22(27-20)21(17-10-5-2-6-11-17)19(28-23)14-16-8-3-1-4-9-16/h1-13,15H,14H2,(H,25,29)(H,26,28). The van der Waals surface area contributed by atoms with E-state index in [0.717, 1.165) is 28.8 Å². The lowest BCUT2D eigenvalue weighted by atomic mass is 10.0. The van der Waals surface area contributed by atoms with Crippen molar-refractivity contribution in [2.75, 3.05) is 0 Å². The summed E-state index contributed by atoms with van der Waals surface area (Å²) in [5, 5.41) is 0. The van der Waals surface area contributed by atoms with Crippen LogP contribution in [0.25, 0.3) is 33.5 Å². The molecule has 0 spiro atoms. The maximum absolute atomic E-state index is 12.2. The molecule has 3 heterocycles. The SMILES string of the molecule is O=c1[nH]cccc1-c1cnc2[nH]c(Cc3ccccc3)c(-c3ccccc3)c2n1. The predicted molar refractivity (Wildman–Crippen MR) is 115 cm³/mol. The molecule has 0 saturated carbocycles. The van der Waals surface area contributed by atoms with Crippen LogP contribution in [0.4, 0.5) is 0 Å². The zero-order valence-electron chi connectivity index (χ0n) is 15.6. The molecule has 29 heavy (non-hydrogen) atoms. The van der Waals surface area contributed by atoms with Gasteiger partial charge in [-0.05, 0) is 23.3 Å². The molecule has 5 nitrogen and oxygen atoms in total. The molecule has 5 rings (SSSR count). The molecule has 0 fully saturated rings. The number of fused-ring (bicyclic) bond motifs is 1. The van der Waals surface area contributed by atoms with Crippen molar-refractivity contribution in [1.29, 1.82) is 0 Å². The summed E-state index contributed by atoms with van der Waals surface area (Å²) in [7, 11) is 0. The predicted octanol–water partition coefficient (Wildman–Crippen LogP) is 4.57. The van der Waals surface area contributed by atoms with Crippen LogP contribution in [0.3, 0.4) is 0 Å². The summed E-state index contributed by atoms with van der Waals surface area (Å²) in [5.74, 6) is 0. The van der Waals surface area contributed by atoms with Gasteiger partial charge in [0.25, 0.3) is 5.56 Å². The van der Waals surface area contributed by atoms with Crippen molar-refractivity contribution in [1.82, 2.24) is 19.9 Å². The Morgan fingerprint density at radius 1 is 0.862 bits per heavy atom. The molecule has 0 saturated heterocycles. The number of aromatic nitrogens is 4. The lowest BCUT2D eigenvalue weighted by Crippen LogP contribution is -2.08. The van der Waals surface area contributed by atoms with Gasteiger partial charge in [0.1, 0.15) is 5.52 Å². The lowest BCUT2D eigenvalue weighted by Gasteiger charge is -2.06. The molecular weight excluding hydrogens is 360 g/mol. The Kier molecular flexibility index (Phi) is 4.26. The van der Waals surface area contributed by atoms with E-state index in [1.54, 1.807) is 24.5 Å². The second kappa shape index (κ2) is 7.20. The summed E-state index contributed by atoms with van der Waals surface area (Å²) in [6.07, 6.45) is 4.00. The van der Waals surface area contributed by atoms with Crippen LogP contribution in [0.15, 0.2) is 90.0 Å². The van der Waals surface area contributed by atoms with Gasteiger partial charge in [0.2, 0.25) is 0 Å². The van der Waals surface area contributed by atoms with E-state index in [0.29, 0.717) is 16.9 Å². The maximum atomic E-state index is 12.2. The Balaban J connectivity index is 1.73. The number of pyridine rings is 1. The molecule has 0 bridgehead atoms. The molecule has 140 valence electrons. The first-order valence-corrected chi connectivity index (χ1v) is 9.44. The van der Waals surface area contributed by atoms with Crippen LogP contribution in [0, 0.1) is 0 Å². The minimum Gasteiger partial charge on any atom is -0.341 e. The third kappa shape index (κ3) is 3.23. The van der Waals surface area contributed by atoms with Crippen LogP contribution in [0.1, 0.15) is 11.3 Å².